The highest BCUT2D eigenvalue weighted by atomic mass is 32.2. The molecular weight excluding hydrogens is 825 g/mol. The van der Waals surface area contributed by atoms with Gasteiger partial charge < -0.3 is 30.7 Å². The van der Waals surface area contributed by atoms with E-state index < -0.39 is 52.8 Å². The molecule has 0 saturated heterocycles. The molecule has 0 aliphatic rings. The average molecular weight is 883 g/mol. The third-order valence-electron chi connectivity index (χ3n) is 10.3. The molecule has 5 aromatic carbocycles. The smallest absolute Gasteiger partial charge is 0.408 e. The summed E-state index contributed by atoms with van der Waals surface area (Å²) in [6, 6.07) is 44.6. The Hall–Kier alpha value is -6.66. The van der Waals surface area contributed by atoms with Gasteiger partial charge in [-0.25, -0.2) is 9.59 Å². The minimum absolute atomic E-state index is 0.0102. The molecule has 5 aromatic rings. The molecule has 0 fully saturated rings. The van der Waals surface area contributed by atoms with Crippen molar-refractivity contribution in [3.63, 3.8) is 0 Å². The Labute approximate surface area is 380 Å². The first-order chi connectivity index (χ1) is 31.0. The number of rotatable bonds is 22. The first-order valence-corrected chi connectivity index (χ1v) is 22.5. The maximum absolute atomic E-state index is 14.5. The van der Waals surface area contributed by atoms with Gasteiger partial charge in [0.1, 0.15) is 24.2 Å². The van der Waals surface area contributed by atoms with Crippen LogP contribution in [0.1, 0.15) is 68.4 Å². The molecule has 12 heteroatoms. The maximum Gasteiger partial charge on any atom is 0.408 e. The molecule has 0 heterocycles. The minimum Gasteiger partial charge on any atom is -0.463 e. The largest absolute Gasteiger partial charge is 0.463 e. The highest BCUT2D eigenvalue weighted by molar-refractivity contribution is 8.00. The van der Waals surface area contributed by atoms with Crippen LogP contribution in [0.15, 0.2) is 164 Å². The van der Waals surface area contributed by atoms with Gasteiger partial charge in [0.05, 0.1) is 6.61 Å². The summed E-state index contributed by atoms with van der Waals surface area (Å²) in [4.78, 5) is 68.7. The van der Waals surface area contributed by atoms with Crippen LogP contribution in [0, 0.1) is 0 Å². The zero-order valence-corrected chi connectivity index (χ0v) is 37.6. The van der Waals surface area contributed by atoms with Crippen LogP contribution in [0.4, 0.5) is 4.79 Å². The predicted octanol–water partition coefficient (Wildman–Crippen LogP) is 8.03. The summed E-state index contributed by atoms with van der Waals surface area (Å²) in [5, 5.41) is 11.7. The number of carbonyl (C=O) groups excluding carboxylic acids is 5. The fourth-order valence-corrected chi connectivity index (χ4v) is 8.55. The number of hydrogen-bond acceptors (Lipinski definition) is 8. The van der Waals surface area contributed by atoms with Crippen molar-refractivity contribution >= 4 is 41.5 Å². The normalized spacial score (nSPS) is 13.2. The standard InChI is InChI=1S/C52H58N4O7S/c1-5-62-47(58)34-32-44(31-33-46(57)56-52(41-25-15-8-16-26-41,42-27-17-9-18-28-42)43-29-19-10-20-30-43)53-49(59)45(35-39-21-11-6-12-22-39)54-50(60)48(38(4)64-37(2)3)55-51(61)63-36-40-23-13-7-14-24-40/h6-30,32,34,37-38,44-45,48H,5,31,33,35-36H2,1-4H3,(H,53,59)(H,54,60)(H,55,61)(H,56,57)/b34-32+/t38-,44+,45+,48+/m1/s1. The number of amides is 4. The van der Waals surface area contributed by atoms with Gasteiger partial charge in [0.15, 0.2) is 0 Å². The summed E-state index contributed by atoms with van der Waals surface area (Å²) in [7, 11) is 0. The topological polar surface area (TPSA) is 152 Å². The van der Waals surface area contributed by atoms with Gasteiger partial charge in [-0.2, -0.15) is 11.8 Å². The second-order valence-corrected chi connectivity index (χ2v) is 17.4. The van der Waals surface area contributed by atoms with Crippen LogP contribution in [0.3, 0.4) is 0 Å². The molecule has 0 aliphatic carbocycles. The summed E-state index contributed by atoms with van der Waals surface area (Å²) < 4.78 is 10.6. The summed E-state index contributed by atoms with van der Waals surface area (Å²) in [6.07, 6.45) is 2.10. The molecule has 4 N–H and O–H groups in total. The lowest BCUT2D eigenvalue weighted by molar-refractivity contribution is -0.137. The lowest BCUT2D eigenvalue weighted by Gasteiger charge is -2.37. The molecular formula is C52H58N4O7S. The summed E-state index contributed by atoms with van der Waals surface area (Å²) in [5.41, 5.74) is 3.06. The Kier molecular flexibility index (Phi) is 18.8. The second kappa shape index (κ2) is 24.8. The molecule has 5 rings (SSSR count). The quantitative estimate of drug-likeness (QED) is 0.0310. The molecule has 0 spiro atoms. The third-order valence-corrected chi connectivity index (χ3v) is 11.6. The molecule has 0 aromatic heterocycles. The molecule has 0 unspecified atom stereocenters. The van der Waals surface area contributed by atoms with E-state index in [-0.39, 0.29) is 43.6 Å². The minimum atomic E-state index is -1.12. The van der Waals surface area contributed by atoms with Crippen LogP contribution in [0.2, 0.25) is 0 Å². The molecule has 0 saturated carbocycles. The molecule has 4 amide bonds. The van der Waals surface area contributed by atoms with Gasteiger partial charge in [-0.3, -0.25) is 14.4 Å². The van der Waals surface area contributed by atoms with Gasteiger partial charge >= 0.3 is 12.1 Å². The first kappa shape index (κ1) is 48.4. The Morgan fingerprint density at radius 2 is 1.12 bits per heavy atom. The van der Waals surface area contributed by atoms with E-state index >= 15 is 0 Å². The Bertz CT molecular complexity index is 2170. The van der Waals surface area contributed by atoms with Gasteiger partial charge in [-0.15, -0.1) is 0 Å². The zero-order chi connectivity index (χ0) is 45.7. The van der Waals surface area contributed by atoms with E-state index in [0.29, 0.717) is 0 Å². The van der Waals surface area contributed by atoms with Crippen molar-refractivity contribution < 1.29 is 33.4 Å². The van der Waals surface area contributed by atoms with E-state index in [1.807, 2.05) is 172 Å². The Balaban J connectivity index is 1.40. The molecule has 11 nitrogen and oxygen atoms in total. The number of nitrogens with one attached hydrogen (secondary N) is 4. The number of carbonyl (C=O) groups is 5. The lowest BCUT2D eigenvalue weighted by Crippen LogP contribution is -2.58. The van der Waals surface area contributed by atoms with Crippen molar-refractivity contribution in [3.8, 4) is 0 Å². The van der Waals surface area contributed by atoms with E-state index in [1.54, 1.807) is 6.92 Å². The van der Waals surface area contributed by atoms with Crippen molar-refractivity contribution in [2.75, 3.05) is 6.61 Å². The fourth-order valence-electron chi connectivity index (χ4n) is 7.34. The van der Waals surface area contributed by atoms with Crippen LogP contribution in [0.25, 0.3) is 0 Å². The number of alkyl carbamates (subject to hydrolysis) is 1. The zero-order valence-electron chi connectivity index (χ0n) is 36.8. The van der Waals surface area contributed by atoms with Crippen molar-refractivity contribution in [2.24, 2.45) is 0 Å². The lowest BCUT2D eigenvalue weighted by atomic mass is 9.77. The third kappa shape index (κ3) is 14.5. The molecule has 64 heavy (non-hydrogen) atoms. The summed E-state index contributed by atoms with van der Waals surface area (Å²) >= 11 is 1.50. The van der Waals surface area contributed by atoms with Gasteiger partial charge in [-0.1, -0.05) is 179 Å². The number of thioether (sulfide) groups is 1. The number of benzene rings is 5. The van der Waals surface area contributed by atoms with Crippen molar-refractivity contribution in [1.82, 2.24) is 21.3 Å². The highest BCUT2D eigenvalue weighted by Gasteiger charge is 2.38. The fraction of sp³-hybridized carbons (Fsp3) is 0.288. The van der Waals surface area contributed by atoms with Crippen molar-refractivity contribution in [1.29, 1.82) is 0 Å². The highest BCUT2D eigenvalue weighted by Crippen LogP contribution is 2.37. The summed E-state index contributed by atoms with van der Waals surface area (Å²) in [5.74, 6) is -2.05. The SMILES string of the molecule is CCOC(=O)/C=C/[C@H](CCC(=O)NC(c1ccccc1)(c1ccccc1)c1ccccc1)NC(=O)[C@H](Cc1ccccc1)NC(=O)[C@@H](NC(=O)OCc1ccccc1)[C@@H](C)SC(C)C. The monoisotopic (exact) mass is 882 g/mol. The molecule has 4 atom stereocenters. The predicted molar refractivity (Wildman–Crippen MR) is 252 cm³/mol. The first-order valence-electron chi connectivity index (χ1n) is 21.6. The van der Waals surface area contributed by atoms with Crippen LogP contribution < -0.4 is 21.3 Å². The van der Waals surface area contributed by atoms with E-state index in [0.717, 1.165) is 27.8 Å². The van der Waals surface area contributed by atoms with Crippen LogP contribution in [-0.4, -0.2) is 65.0 Å². The maximum atomic E-state index is 14.5. The van der Waals surface area contributed by atoms with Crippen LogP contribution in [-0.2, 0) is 47.2 Å². The Morgan fingerprint density at radius 3 is 1.62 bits per heavy atom. The average Bonchev–Trinajstić information content (AvgIpc) is 3.31. The van der Waals surface area contributed by atoms with Gasteiger partial charge in [-0.05, 0) is 46.4 Å². The molecule has 0 bridgehead atoms. The molecule has 0 aliphatic heterocycles. The van der Waals surface area contributed by atoms with Gasteiger partial charge in [0.2, 0.25) is 17.7 Å². The van der Waals surface area contributed by atoms with E-state index in [1.165, 1.54) is 23.9 Å². The van der Waals surface area contributed by atoms with E-state index in [4.69, 9.17) is 9.47 Å². The molecule has 334 valence electrons. The van der Waals surface area contributed by atoms with Crippen LogP contribution >= 0.6 is 11.8 Å². The second-order valence-electron chi connectivity index (χ2n) is 15.5. The van der Waals surface area contributed by atoms with Crippen molar-refractivity contribution in [3.05, 3.63) is 192 Å². The van der Waals surface area contributed by atoms with E-state index in [9.17, 15) is 24.0 Å². The van der Waals surface area contributed by atoms with Gasteiger partial charge in [0, 0.05) is 30.2 Å². The van der Waals surface area contributed by atoms with Gasteiger partial charge in [0.25, 0.3) is 0 Å². The number of esters is 1. The number of hydrogen-bond donors (Lipinski definition) is 4. The summed E-state index contributed by atoms with van der Waals surface area (Å²) in [6.45, 7) is 7.67. The Morgan fingerprint density at radius 1 is 0.625 bits per heavy atom. The van der Waals surface area contributed by atoms with Crippen LogP contribution in [0.5, 0.6) is 0 Å². The number of ether oxygens (including phenoxy) is 2. The van der Waals surface area contributed by atoms with E-state index in [2.05, 4.69) is 21.3 Å². The van der Waals surface area contributed by atoms with Crippen molar-refractivity contribution in [2.45, 2.75) is 87.7 Å². The molecule has 0 radical (unpaired) electrons.